The number of rotatable bonds is 5. The van der Waals surface area contributed by atoms with Crippen molar-refractivity contribution in [3.8, 4) is 5.69 Å². The van der Waals surface area contributed by atoms with E-state index in [-0.39, 0.29) is 17.2 Å². The van der Waals surface area contributed by atoms with Gasteiger partial charge in [-0.15, -0.1) is 0 Å². The fourth-order valence-electron chi connectivity index (χ4n) is 3.41. The number of nitrogens with zero attached hydrogens (tertiary/aromatic N) is 2. The topological polar surface area (TPSA) is 64.0 Å². The van der Waals surface area contributed by atoms with Crippen molar-refractivity contribution in [1.82, 2.24) is 9.55 Å². The van der Waals surface area contributed by atoms with Gasteiger partial charge in [0.2, 0.25) is 5.91 Å². The molecular formula is C24H19Cl2N3O2S. The number of aryl methyl sites for hydroxylation is 2. The minimum absolute atomic E-state index is 0.0576. The molecule has 0 aliphatic carbocycles. The van der Waals surface area contributed by atoms with Crippen molar-refractivity contribution < 1.29 is 4.79 Å². The lowest BCUT2D eigenvalue weighted by molar-refractivity contribution is -0.113. The van der Waals surface area contributed by atoms with Gasteiger partial charge in [0.1, 0.15) is 0 Å². The number of carbonyl (C=O) groups is 1. The third kappa shape index (κ3) is 4.67. The van der Waals surface area contributed by atoms with Crippen LogP contribution in [-0.4, -0.2) is 21.2 Å². The maximum Gasteiger partial charge on any atom is 0.266 e. The van der Waals surface area contributed by atoms with E-state index in [9.17, 15) is 9.59 Å². The Morgan fingerprint density at radius 2 is 1.78 bits per heavy atom. The second-order valence-corrected chi connectivity index (χ2v) is 9.09. The molecule has 1 amide bonds. The van der Waals surface area contributed by atoms with Crippen molar-refractivity contribution in [2.24, 2.45) is 0 Å². The molecular weight excluding hydrogens is 465 g/mol. The van der Waals surface area contributed by atoms with E-state index >= 15 is 0 Å². The van der Waals surface area contributed by atoms with Crippen molar-refractivity contribution in [2.45, 2.75) is 19.0 Å². The number of nitrogens with one attached hydrogen (secondary N) is 1. The van der Waals surface area contributed by atoms with E-state index in [4.69, 9.17) is 23.2 Å². The van der Waals surface area contributed by atoms with Crippen LogP contribution >= 0.6 is 35.0 Å². The largest absolute Gasteiger partial charge is 0.324 e. The smallest absolute Gasteiger partial charge is 0.266 e. The minimum Gasteiger partial charge on any atom is -0.324 e. The van der Waals surface area contributed by atoms with Gasteiger partial charge in [0, 0.05) is 5.02 Å². The van der Waals surface area contributed by atoms with Gasteiger partial charge in [-0.25, -0.2) is 4.98 Å². The van der Waals surface area contributed by atoms with Gasteiger partial charge >= 0.3 is 0 Å². The number of anilines is 1. The van der Waals surface area contributed by atoms with Gasteiger partial charge in [-0.2, -0.15) is 0 Å². The van der Waals surface area contributed by atoms with Crippen LogP contribution in [0.25, 0.3) is 16.6 Å². The molecule has 4 aromatic rings. The molecule has 162 valence electrons. The first-order valence-corrected chi connectivity index (χ1v) is 11.5. The number of fused-ring (bicyclic) bond motifs is 1. The van der Waals surface area contributed by atoms with Gasteiger partial charge in [0.25, 0.3) is 5.56 Å². The molecule has 4 rings (SSSR count). The molecule has 0 spiro atoms. The van der Waals surface area contributed by atoms with Gasteiger partial charge in [-0.3, -0.25) is 14.2 Å². The normalized spacial score (nSPS) is 11.0. The highest BCUT2D eigenvalue weighted by molar-refractivity contribution is 7.99. The molecule has 1 N–H and O–H groups in total. The molecule has 0 aliphatic rings. The van der Waals surface area contributed by atoms with Crippen LogP contribution in [0.15, 0.2) is 70.6 Å². The summed E-state index contributed by atoms with van der Waals surface area (Å²) in [6.07, 6.45) is 0. The molecule has 0 atom stereocenters. The van der Waals surface area contributed by atoms with Crippen LogP contribution in [-0.2, 0) is 4.79 Å². The number of carbonyl (C=O) groups excluding carboxylic acids is 1. The van der Waals surface area contributed by atoms with E-state index in [1.54, 1.807) is 48.5 Å². The van der Waals surface area contributed by atoms with E-state index in [2.05, 4.69) is 10.3 Å². The van der Waals surface area contributed by atoms with Crippen LogP contribution in [0.5, 0.6) is 0 Å². The number of benzene rings is 3. The summed E-state index contributed by atoms with van der Waals surface area (Å²) in [6, 6.07) is 17.8. The van der Waals surface area contributed by atoms with E-state index in [1.165, 1.54) is 16.3 Å². The molecule has 0 saturated carbocycles. The highest BCUT2D eigenvalue weighted by Crippen LogP contribution is 2.28. The fraction of sp³-hybridized carbons (Fsp3) is 0.125. The second-order valence-electron chi connectivity index (χ2n) is 7.30. The molecule has 0 unspecified atom stereocenters. The zero-order valence-electron chi connectivity index (χ0n) is 17.4. The van der Waals surface area contributed by atoms with E-state index in [1.807, 2.05) is 26.0 Å². The predicted octanol–water partition coefficient (Wildman–Crippen LogP) is 6.04. The standard InChI is InChI=1S/C24H19Cl2N3O2S/c1-14-11-15(2)22(19(26)12-14)28-21(30)13-32-24-27-20-6-4-3-5-18(20)23(31)29(24)17-9-7-16(25)8-10-17/h3-12H,13H2,1-2H3,(H,28,30). The maximum absolute atomic E-state index is 13.3. The SMILES string of the molecule is Cc1cc(C)c(NC(=O)CSc2nc3ccccc3c(=O)n2-c2ccc(Cl)cc2)c(Cl)c1. The quantitative estimate of drug-likeness (QED) is 0.277. The number of hydrogen-bond acceptors (Lipinski definition) is 4. The van der Waals surface area contributed by atoms with Crippen LogP contribution in [0.2, 0.25) is 10.0 Å². The number of para-hydroxylation sites is 1. The average molecular weight is 484 g/mol. The van der Waals surface area contributed by atoms with Crippen molar-refractivity contribution >= 4 is 57.5 Å². The molecule has 0 saturated heterocycles. The summed E-state index contributed by atoms with van der Waals surface area (Å²) in [6.45, 7) is 3.84. The highest BCUT2D eigenvalue weighted by Gasteiger charge is 2.16. The van der Waals surface area contributed by atoms with Gasteiger partial charge in [0.15, 0.2) is 5.16 Å². The lowest BCUT2D eigenvalue weighted by Gasteiger charge is -2.14. The third-order valence-corrected chi connectivity index (χ3v) is 6.35. The number of hydrogen-bond donors (Lipinski definition) is 1. The predicted molar refractivity (Wildman–Crippen MR) is 133 cm³/mol. The molecule has 32 heavy (non-hydrogen) atoms. The van der Waals surface area contributed by atoms with Crippen molar-refractivity contribution in [3.63, 3.8) is 0 Å². The molecule has 8 heteroatoms. The van der Waals surface area contributed by atoms with Crippen LogP contribution in [0.4, 0.5) is 5.69 Å². The zero-order chi connectivity index (χ0) is 22.8. The Balaban J connectivity index is 1.67. The van der Waals surface area contributed by atoms with Crippen molar-refractivity contribution in [1.29, 1.82) is 0 Å². The van der Waals surface area contributed by atoms with E-state index in [0.29, 0.717) is 37.5 Å². The van der Waals surface area contributed by atoms with Crippen LogP contribution < -0.4 is 10.9 Å². The molecule has 0 fully saturated rings. The first kappa shape index (κ1) is 22.4. The number of aromatic nitrogens is 2. The Bertz CT molecular complexity index is 1360. The summed E-state index contributed by atoms with van der Waals surface area (Å²) in [4.78, 5) is 30.6. The van der Waals surface area contributed by atoms with Gasteiger partial charge in [-0.05, 0) is 67.4 Å². The summed E-state index contributed by atoms with van der Waals surface area (Å²) >= 11 is 13.5. The summed E-state index contributed by atoms with van der Waals surface area (Å²) in [5.41, 5.74) is 3.48. The maximum atomic E-state index is 13.3. The molecule has 5 nitrogen and oxygen atoms in total. The molecule has 1 heterocycles. The monoisotopic (exact) mass is 483 g/mol. The number of thioether (sulfide) groups is 1. The Morgan fingerprint density at radius 1 is 1.06 bits per heavy atom. The lowest BCUT2D eigenvalue weighted by atomic mass is 10.1. The average Bonchev–Trinajstić information content (AvgIpc) is 2.76. The van der Waals surface area contributed by atoms with E-state index in [0.717, 1.165) is 11.1 Å². The Morgan fingerprint density at radius 3 is 2.50 bits per heavy atom. The Hall–Kier alpha value is -2.80. The summed E-state index contributed by atoms with van der Waals surface area (Å²) < 4.78 is 1.50. The summed E-state index contributed by atoms with van der Waals surface area (Å²) in [5, 5.41) is 4.84. The van der Waals surface area contributed by atoms with Crippen LogP contribution in [0.1, 0.15) is 11.1 Å². The van der Waals surface area contributed by atoms with E-state index < -0.39 is 0 Å². The van der Waals surface area contributed by atoms with Gasteiger partial charge < -0.3 is 5.32 Å². The summed E-state index contributed by atoms with van der Waals surface area (Å²) in [7, 11) is 0. The zero-order valence-corrected chi connectivity index (χ0v) is 19.7. The Kier molecular flexibility index (Phi) is 6.55. The minimum atomic E-state index is -0.242. The van der Waals surface area contributed by atoms with Gasteiger partial charge in [0.05, 0.1) is 33.1 Å². The second kappa shape index (κ2) is 9.36. The Labute approximate surface area is 199 Å². The molecule has 3 aromatic carbocycles. The summed E-state index contributed by atoms with van der Waals surface area (Å²) in [5.74, 6) is -0.184. The number of halogens is 2. The first-order valence-electron chi connectivity index (χ1n) is 9.80. The van der Waals surface area contributed by atoms with Crippen LogP contribution in [0.3, 0.4) is 0 Å². The van der Waals surface area contributed by atoms with Crippen molar-refractivity contribution in [2.75, 3.05) is 11.1 Å². The molecule has 0 aliphatic heterocycles. The number of amides is 1. The molecule has 1 aromatic heterocycles. The first-order chi connectivity index (χ1) is 15.3. The third-order valence-electron chi connectivity index (χ3n) is 4.86. The van der Waals surface area contributed by atoms with Crippen LogP contribution in [0, 0.1) is 13.8 Å². The van der Waals surface area contributed by atoms with Gasteiger partial charge in [-0.1, -0.05) is 53.2 Å². The molecule has 0 bridgehead atoms. The lowest BCUT2D eigenvalue weighted by Crippen LogP contribution is -2.23. The molecule has 0 radical (unpaired) electrons. The fourth-order valence-corrected chi connectivity index (χ4v) is 4.71. The highest BCUT2D eigenvalue weighted by atomic mass is 35.5. The van der Waals surface area contributed by atoms with Crippen molar-refractivity contribution in [3.05, 3.63) is 92.2 Å².